The van der Waals surface area contributed by atoms with E-state index in [-0.39, 0.29) is 22.5 Å². The highest BCUT2D eigenvalue weighted by molar-refractivity contribution is 5.96. The van der Waals surface area contributed by atoms with E-state index in [0.717, 1.165) is 6.07 Å². The lowest BCUT2D eigenvalue weighted by molar-refractivity contribution is 0.101. The highest BCUT2D eigenvalue weighted by Crippen LogP contribution is 2.24. The van der Waals surface area contributed by atoms with Gasteiger partial charge in [0.05, 0.1) is 5.56 Å². The average molecular weight is 195 g/mol. The van der Waals surface area contributed by atoms with E-state index in [1.165, 1.54) is 19.1 Å². The molecule has 1 rings (SSSR count). The van der Waals surface area contributed by atoms with Crippen LogP contribution >= 0.6 is 0 Å². The Morgan fingerprint density at radius 1 is 1.50 bits per heavy atom. The fraction of sp³-hybridized carbons (Fsp3) is 0.200. The molecule has 0 fully saturated rings. The first kappa shape index (κ1) is 10.3. The van der Waals surface area contributed by atoms with Gasteiger partial charge in [-0.1, -0.05) is 18.2 Å². The molecule has 0 N–H and O–H groups in total. The van der Waals surface area contributed by atoms with Crippen molar-refractivity contribution >= 4 is 5.78 Å². The van der Waals surface area contributed by atoms with E-state index in [4.69, 9.17) is 5.26 Å². The zero-order valence-corrected chi connectivity index (χ0v) is 7.42. The second kappa shape index (κ2) is 3.97. The molecule has 1 aromatic carbocycles. The Kier molecular flexibility index (Phi) is 2.92. The van der Waals surface area contributed by atoms with Crippen molar-refractivity contribution in [3.05, 3.63) is 34.9 Å². The Labute approximate surface area is 79.8 Å². The summed E-state index contributed by atoms with van der Waals surface area (Å²) in [5.41, 5.74) is -0.569. The van der Waals surface area contributed by atoms with Gasteiger partial charge in [0, 0.05) is 11.1 Å². The van der Waals surface area contributed by atoms with Crippen molar-refractivity contribution in [2.24, 2.45) is 0 Å². The van der Waals surface area contributed by atoms with Crippen LogP contribution in [-0.2, 0) is 0 Å². The third-order valence-corrected chi connectivity index (χ3v) is 1.82. The van der Waals surface area contributed by atoms with Crippen LogP contribution in [0, 0.1) is 11.3 Å². The smallest absolute Gasteiger partial charge is 0.265 e. The van der Waals surface area contributed by atoms with Crippen LogP contribution < -0.4 is 0 Å². The molecular weight excluding hydrogens is 188 g/mol. The highest BCUT2D eigenvalue weighted by Gasteiger charge is 2.17. The first-order chi connectivity index (χ1) is 6.57. The van der Waals surface area contributed by atoms with Crippen LogP contribution in [0.25, 0.3) is 0 Å². The number of carbonyl (C=O) groups is 1. The van der Waals surface area contributed by atoms with Gasteiger partial charge in [0.25, 0.3) is 6.43 Å². The number of benzene rings is 1. The molecule has 1 aromatic rings. The maximum atomic E-state index is 12.4. The number of hydrogen-bond acceptors (Lipinski definition) is 2. The zero-order chi connectivity index (χ0) is 10.7. The third-order valence-electron chi connectivity index (χ3n) is 1.82. The first-order valence-corrected chi connectivity index (χ1v) is 3.90. The van der Waals surface area contributed by atoms with Crippen molar-refractivity contribution in [1.82, 2.24) is 0 Å². The van der Waals surface area contributed by atoms with Crippen LogP contribution in [0.2, 0.25) is 0 Å². The number of alkyl halides is 2. The summed E-state index contributed by atoms with van der Waals surface area (Å²) in [6.07, 6.45) is -2.73. The predicted molar refractivity (Wildman–Crippen MR) is 46.1 cm³/mol. The van der Waals surface area contributed by atoms with E-state index in [1.54, 1.807) is 6.07 Å². The number of nitrogens with zero attached hydrogens (tertiary/aromatic N) is 1. The fourth-order valence-corrected chi connectivity index (χ4v) is 1.17. The summed E-state index contributed by atoms with van der Waals surface area (Å²) < 4.78 is 24.8. The molecule has 14 heavy (non-hydrogen) atoms. The van der Waals surface area contributed by atoms with Gasteiger partial charge >= 0.3 is 0 Å². The van der Waals surface area contributed by atoms with Gasteiger partial charge in [-0.3, -0.25) is 4.79 Å². The summed E-state index contributed by atoms with van der Waals surface area (Å²) >= 11 is 0. The van der Waals surface area contributed by atoms with Crippen LogP contribution in [-0.4, -0.2) is 5.78 Å². The molecule has 0 amide bonds. The van der Waals surface area contributed by atoms with Crippen LogP contribution in [0.4, 0.5) is 8.78 Å². The van der Waals surface area contributed by atoms with E-state index in [0.29, 0.717) is 0 Å². The monoisotopic (exact) mass is 195 g/mol. The van der Waals surface area contributed by atoms with E-state index < -0.39 is 6.43 Å². The SMILES string of the molecule is CC(=O)c1cccc(C(F)F)c1C#N. The van der Waals surface area contributed by atoms with Crippen molar-refractivity contribution < 1.29 is 13.6 Å². The van der Waals surface area contributed by atoms with E-state index in [1.807, 2.05) is 0 Å². The van der Waals surface area contributed by atoms with Gasteiger partial charge in [-0.2, -0.15) is 5.26 Å². The van der Waals surface area contributed by atoms with Crippen molar-refractivity contribution in [2.45, 2.75) is 13.3 Å². The number of halogens is 2. The molecule has 2 nitrogen and oxygen atoms in total. The molecule has 0 radical (unpaired) electrons. The summed E-state index contributed by atoms with van der Waals surface area (Å²) in [4.78, 5) is 11.0. The quantitative estimate of drug-likeness (QED) is 0.680. The number of ketones is 1. The minimum absolute atomic E-state index is 0.0466. The molecular formula is C10H7F2NO. The number of Topliss-reactive ketones (excluding diaryl/α,β-unsaturated/α-hetero) is 1. The highest BCUT2D eigenvalue weighted by atomic mass is 19.3. The Morgan fingerprint density at radius 2 is 2.14 bits per heavy atom. The lowest BCUT2D eigenvalue weighted by Gasteiger charge is -2.05. The minimum atomic E-state index is -2.73. The largest absolute Gasteiger partial charge is 0.294 e. The molecule has 0 bridgehead atoms. The molecule has 72 valence electrons. The van der Waals surface area contributed by atoms with E-state index >= 15 is 0 Å². The molecule has 0 saturated heterocycles. The van der Waals surface area contributed by atoms with Crippen LogP contribution in [0.5, 0.6) is 0 Å². The maximum absolute atomic E-state index is 12.4. The van der Waals surface area contributed by atoms with Crippen LogP contribution in [0.1, 0.15) is 34.8 Å². The van der Waals surface area contributed by atoms with Gasteiger partial charge in [0.1, 0.15) is 6.07 Å². The summed E-state index contributed by atoms with van der Waals surface area (Å²) in [7, 11) is 0. The molecule has 0 atom stereocenters. The van der Waals surface area contributed by atoms with E-state index in [2.05, 4.69) is 0 Å². The normalized spacial score (nSPS) is 9.93. The summed E-state index contributed by atoms with van der Waals surface area (Å²) in [6, 6.07) is 5.49. The van der Waals surface area contributed by atoms with Gasteiger partial charge in [-0.15, -0.1) is 0 Å². The van der Waals surface area contributed by atoms with Gasteiger partial charge in [-0.05, 0) is 6.92 Å². The van der Waals surface area contributed by atoms with E-state index in [9.17, 15) is 13.6 Å². The summed E-state index contributed by atoms with van der Waals surface area (Å²) in [5.74, 6) is -0.385. The Morgan fingerprint density at radius 3 is 2.57 bits per heavy atom. The average Bonchev–Trinajstić information content (AvgIpc) is 2.16. The molecule has 0 saturated carbocycles. The molecule has 0 aromatic heterocycles. The molecule has 0 aliphatic rings. The van der Waals surface area contributed by atoms with Gasteiger partial charge in [0.2, 0.25) is 0 Å². The fourth-order valence-electron chi connectivity index (χ4n) is 1.17. The molecule has 0 spiro atoms. The van der Waals surface area contributed by atoms with Crippen molar-refractivity contribution in [3.8, 4) is 6.07 Å². The van der Waals surface area contributed by atoms with Crippen molar-refractivity contribution in [1.29, 1.82) is 5.26 Å². The second-order valence-electron chi connectivity index (χ2n) is 2.74. The van der Waals surface area contributed by atoms with Crippen molar-refractivity contribution in [2.75, 3.05) is 0 Å². The minimum Gasteiger partial charge on any atom is -0.294 e. The second-order valence-corrected chi connectivity index (χ2v) is 2.74. The Balaban J connectivity index is 3.42. The molecule has 0 aliphatic heterocycles. The van der Waals surface area contributed by atoms with Gasteiger partial charge in [-0.25, -0.2) is 8.78 Å². The zero-order valence-electron chi connectivity index (χ0n) is 7.42. The Bertz CT molecular complexity index is 407. The van der Waals surface area contributed by atoms with Gasteiger partial charge in [0.15, 0.2) is 5.78 Å². The van der Waals surface area contributed by atoms with Crippen molar-refractivity contribution in [3.63, 3.8) is 0 Å². The number of hydrogen-bond donors (Lipinski definition) is 0. The van der Waals surface area contributed by atoms with Crippen LogP contribution in [0.15, 0.2) is 18.2 Å². The maximum Gasteiger partial charge on any atom is 0.265 e. The molecule has 4 heteroatoms. The lowest BCUT2D eigenvalue weighted by Crippen LogP contribution is -2.01. The lowest BCUT2D eigenvalue weighted by atomic mass is 10.00. The van der Waals surface area contributed by atoms with Gasteiger partial charge < -0.3 is 0 Å². The third kappa shape index (κ3) is 1.77. The first-order valence-electron chi connectivity index (χ1n) is 3.90. The Hall–Kier alpha value is -1.76. The molecule has 0 unspecified atom stereocenters. The number of carbonyl (C=O) groups excluding carboxylic acids is 1. The number of nitriles is 1. The molecule has 0 heterocycles. The topological polar surface area (TPSA) is 40.9 Å². The standard InChI is InChI=1S/C10H7F2NO/c1-6(14)7-3-2-4-8(10(11)12)9(7)5-13/h2-4,10H,1H3. The summed E-state index contributed by atoms with van der Waals surface area (Å²) in [5, 5.41) is 8.66. The predicted octanol–water partition coefficient (Wildman–Crippen LogP) is 2.70. The summed E-state index contributed by atoms with van der Waals surface area (Å²) in [6.45, 7) is 1.24. The number of rotatable bonds is 2. The van der Waals surface area contributed by atoms with Crippen LogP contribution in [0.3, 0.4) is 0 Å². The molecule has 0 aliphatic carbocycles.